The number of nitrogens with zero attached hydrogens (tertiary/aromatic N) is 5. The van der Waals surface area contributed by atoms with E-state index in [2.05, 4.69) is 38.6 Å². The molecule has 5 heterocycles. The molecule has 0 radical (unpaired) electrons. The molecule has 0 bridgehead atoms. The van der Waals surface area contributed by atoms with Crippen molar-refractivity contribution < 1.29 is 9.50 Å². The first-order valence-corrected chi connectivity index (χ1v) is 12.4. The number of hydrogen-bond acceptors (Lipinski definition) is 7. The van der Waals surface area contributed by atoms with E-state index in [1.54, 1.807) is 19.3 Å². The molecule has 6 rings (SSSR count). The summed E-state index contributed by atoms with van der Waals surface area (Å²) in [6, 6.07) is 7.40. The van der Waals surface area contributed by atoms with Gasteiger partial charge in [0.25, 0.3) is 0 Å². The Morgan fingerprint density at radius 1 is 1.08 bits per heavy atom. The molecule has 0 saturated carbocycles. The van der Waals surface area contributed by atoms with Crippen LogP contribution in [0, 0.1) is 12.7 Å². The van der Waals surface area contributed by atoms with Crippen LogP contribution in [0.15, 0.2) is 36.7 Å². The summed E-state index contributed by atoms with van der Waals surface area (Å²) >= 11 is 0. The second-order valence-electron chi connectivity index (χ2n) is 10.1. The van der Waals surface area contributed by atoms with E-state index in [0.29, 0.717) is 29.9 Å². The SMILES string of the molecule is Cc1c(-c2cc(F)c3cnc(Nc4cc5n(n4)CCN(C)CC5)cc3c2)cnc2c1NCCC2(C)O. The van der Waals surface area contributed by atoms with Crippen LogP contribution >= 0.6 is 0 Å². The maximum absolute atomic E-state index is 15.2. The minimum absolute atomic E-state index is 0.337. The summed E-state index contributed by atoms with van der Waals surface area (Å²) in [7, 11) is 2.12. The van der Waals surface area contributed by atoms with Gasteiger partial charge in [0.2, 0.25) is 0 Å². The van der Waals surface area contributed by atoms with Gasteiger partial charge >= 0.3 is 0 Å². The van der Waals surface area contributed by atoms with Crippen molar-refractivity contribution in [3.05, 3.63) is 59.4 Å². The van der Waals surface area contributed by atoms with Crippen LogP contribution in [0.1, 0.15) is 30.3 Å². The number of aliphatic hydroxyl groups is 1. The van der Waals surface area contributed by atoms with Gasteiger partial charge in [0, 0.05) is 61.2 Å². The molecular weight excluding hydrogens is 457 g/mol. The Labute approximate surface area is 209 Å². The minimum atomic E-state index is -0.980. The first-order chi connectivity index (χ1) is 17.3. The molecular formula is C27H30FN7O. The number of pyridine rings is 2. The number of likely N-dealkylation sites (N-methyl/N-ethyl adjacent to an activating group) is 1. The molecule has 0 aliphatic carbocycles. The quantitative estimate of drug-likeness (QED) is 0.399. The zero-order chi connectivity index (χ0) is 25.0. The van der Waals surface area contributed by atoms with Crippen molar-refractivity contribution in [2.75, 3.05) is 37.3 Å². The van der Waals surface area contributed by atoms with Crippen molar-refractivity contribution in [2.24, 2.45) is 0 Å². The Balaban J connectivity index is 1.34. The molecule has 3 aromatic heterocycles. The highest BCUT2D eigenvalue weighted by atomic mass is 19.1. The van der Waals surface area contributed by atoms with Gasteiger partial charge in [-0.25, -0.2) is 9.37 Å². The largest absolute Gasteiger partial charge is 0.384 e. The van der Waals surface area contributed by atoms with Crippen molar-refractivity contribution in [3.63, 3.8) is 0 Å². The molecule has 2 aliphatic heterocycles. The molecule has 1 atom stereocenters. The third-order valence-electron chi connectivity index (χ3n) is 7.42. The van der Waals surface area contributed by atoms with E-state index in [-0.39, 0.29) is 5.82 Å². The Bertz CT molecular complexity index is 1450. The zero-order valence-electron chi connectivity index (χ0n) is 20.8. The van der Waals surface area contributed by atoms with Gasteiger partial charge in [0.1, 0.15) is 17.2 Å². The summed E-state index contributed by atoms with van der Waals surface area (Å²) in [5.74, 6) is 1.02. The van der Waals surface area contributed by atoms with Gasteiger partial charge in [-0.1, -0.05) is 0 Å². The summed E-state index contributed by atoms with van der Waals surface area (Å²) in [6.07, 6.45) is 4.83. The second kappa shape index (κ2) is 8.53. The first-order valence-electron chi connectivity index (χ1n) is 12.4. The van der Waals surface area contributed by atoms with Gasteiger partial charge < -0.3 is 20.6 Å². The van der Waals surface area contributed by atoms with E-state index in [1.165, 1.54) is 11.8 Å². The smallest absolute Gasteiger partial charge is 0.153 e. The molecule has 1 unspecified atom stereocenters. The van der Waals surface area contributed by atoms with Gasteiger partial charge in [-0.2, -0.15) is 5.10 Å². The maximum Gasteiger partial charge on any atom is 0.153 e. The molecule has 186 valence electrons. The van der Waals surface area contributed by atoms with Crippen LogP contribution in [0.5, 0.6) is 0 Å². The topological polar surface area (TPSA) is 91.1 Å². The van der Waals surface area contributed by atoms with E-state index in [1.807, 2.05) is 23.7 Å². The first kappa shape index (κ1) is 22.9. The molecule has 8 nitrogen and oxygen atoms in total. The zero-order valence-corrected chi connectivity index (χ0v) is 20.8. The van der Waals surface area contributed by atoms with Crippen molar-refractivity contribution >= 4 is 28.1 Å². The van der Waals surface area contributed by atoms with E-state index in [9.17, 15) is 5.11 Å². The van der Waals surface area contributed by atoms with Crippen LogP contribution in [0.4, 0.5) is 21.7 Å². The number of nitrogens with one attached hydrogen (secondary N) is 2. The molecule has 4 aromatic rings. The maximum atomic E-state index is 15.2. The number of halogens is 1. The fraction of sp³-hybridized carbons (Fsp3) is 0.370. The Morgan fingerprint density at radius 3 is 2.81 bits per heavy atom. The summed E-state index contributed by atoms with van der Waals surface area (Å²) in [6.45, 7) is 7.25. The van der Waals surface area contributed by atoms with Crippen LogP contribution in [-0.2, 0) is 18.6 Å². The van der Waals surface area contributed by atoms with Gasteiger partial charge in [-0.3, -0.25) is 9.67 Å². The Morgan fingerprint density at radius 2 is 1.94 bits per heavy atom. The highest BCUT2D eigenvalue weighted by Crippen LogP contribution is 2.39. The lowest BCUT2D eigenvalue weighted by Gasteiger charge is -2.32. The molecule has 36 heavy (non-hydrogen) atoms. The van der Waals surface area contributed by atoms with Crippen LogP contribution in [0.3, 0.4) is 0 Å². The van der Waals surface area contributed by atoms with Gasteiger partial charge in [-0.05, 0) is 62.0 Å². The van der Waals surface area contributed by atoms with E-state index < -0.39 is 5.60 Å². The highest BCUT2D eigenvalue weighted by molar-refractivity contribution is 5.90. The second-order valence-corrected chi connectivity index (χ2v) is 10.1. The number of fused-ring (bicyclic) bond motifs is 3. The fourth-order valence-electron chi connectivity index (χ4n) is 5.23. The van der Waals surface area contributed by atoms with E-state index in [4.69, 9.17) is 5.10 Å². The fourth-order valence-corrected chi connectivity index (χ4v) is 5.23. The number of rotatable bonds is 3. The van der Waals surface area contributed by atoms with Crippen molar-refractivity contribution in [1.29, 1.82) is 0 Å². The standard InChI is InChI=1S/C27H30FN7O/c1-16-20(14-31-26-25(16)29-6-5-27(26,2)36)17-10-18-12-23(30-15-21(18)22(28)11-17)32-24-13-19-4-7-34(3)8-9-35(19)33-24/h10-15,29,36H,4-9H2,1-3H3,(H,30,32,33). The minimum Gasteiger partial charge on any atom is -0.384 e. The van der Waals surface area contributed by atoms with Crippen LogP contribution < -0.4 is 10.6 Å². The van der Waals surface area contributed by atoms with Gasteiger partial charge in [0.15, 0.2) is 5.82 Å². The molecule has 0 saturated heterocycles. The molecule has 1 aromatic carbocycles. The van der Waals surface area contributed by atoms with Gasteiger partial charge in [-0.15, -0.1) is 0 Å². The predicted octanol–water partition coefficient (Wildman–Crippen LogP) is 4.20. The monoisotopic (exact) mass is 487 g/mol. The number of anilines is 3. The van der Waals surface area contributed by atoms with E-state index >= 15 is 4.39 Å². The van der Waals surface area contributed by atoms with Crippen LogP contribution in [-0.4, -0.2) is 56.4 Å². The molecule has 0 fully saturated rings. The Hall–Kier alpha value is -3.56. The molecule has 2 aliphatic rings. The third kappa shape index (κ3) is 3.98. The molecule has 0 spiro atoms. The summed E-state index contributed by atoms with van der Waals surface area (Å²) in [4.78, 5) is 11.3. The average Bonchev–Trinajstić information content (AvgIpc) is 3.14. The molecule has 0 amide bonds. The summed E-state index contributed by atoms with van der Waals surface area (Å²) in [5.41, 5.74) is 4.18. The van der Waals surface area contributed by atoms with Crippen LogP contribution in [0.2, 0.25) is 0 Å². The lowest BCUT2D eigenvalue weighted by Crippen LogP contribution is -2.32. The highest BCUT2D eigenvalue weighted by Gasteiger charge is 2.32. The lowest BCUT2D eigenvalue weighted by molar-refractivity contribution is 0.0442. The average molecular weight is 488 g/mol. The molecule has 9 heteroatoms. The van der Waals surface area contributed by atoms with E-state index in [0.717, 1.165) is 59.6 Å². The van der Waals surface area contributed by atoms with Crippen molar-refractivity contribution in [3.8, 4) is 11.1 Å². The number of benzene rings is 1. The number of aromatic nitrogens is 4. The normalized spacial score (nSPS) is 19.9. The summed E-state index contributed by atoms with van der Waals surface area (Å²) < 4.78 is 17.2. The lowest BCUT2D eigenvalue weighted by atomic mass is 9.89. The number of hydrogen-bond donors (Lipinski definition) is 3. The molecule has 3 N–H and O–H groups in total. The van der Waals surface area contributed by atoms with Crippen molar-refractivity contribution in [1.82, 2.24) is 24.6 Å². The summed E-state index contributed by atoms with van der Waals surface area (Å²) in [5, 5.41) is 23.3. The van der Waals surface area contributed by atoms with Gasteiger partial charge in [0.05, 0.1) is 17.9 Å². The van der Waals surface area contributed by atoms with Crippen molar-refractivity contribution in [2.45, 2.75) is 38.8 Å². The third-order valence-corrected chi connectivity index (χ3v) is 7.42. The Kier molecular flexibility index (Phi) is 5.42. The van der Waals surface area contributed by atoms with Crippen LogP contribution in [0.25, 0.3) is 21.9 Å². The predicted molar refractivity (Wildman–Crippen MR) is 139 cm³/mol.